The summed E-state index contributed by atoms with van der Waals surface area (Å²) in [7, 11) is 0. The van der Waals surface area contributed by atoms with E-state index in [0.717, 1.165) is 19.1 Å². The minimum Gasteiger partial charge on any atom is -0.447 e. The number of carbonyl (C=O) groups is 1. The molecule has 0 radical (unpaired) electrons. The molecule has 4 heterocycles. The van der Waals surface area contributed by atoms with Gasteiger partial charge in [-0.1, -0.05) is 0 Å². The number of alkyl halides is 3. The van der Waals surface area contributed by atoms with Crippen LogP contribution in [-0.2, 0) is 10.9 Å². The first-order valence-corrected chi connectivity index (χ1v) is 11.9. The largest absolute Gasteiger partial charge is 0.447 e. The number of oxazole rings is 1. The summed E-state index contributed by atoms with van der Waals surface area (Å²) < 4.78 is 67.1. The van der Waals surface area contributed by atoms with Crippen molar-refractivity contribution in [3.05, 3.63) is 41.9 Å². The Hall–Kier alpha value is -4.01. The van der Waals surface area contributed by atoms with Crippen molar-refractivity contribution in [1.29, 1.82) is 0 Å². The number of aromatic nitrogens is 5. The topological polar surface area (TPSA) is 133 Å². The van der Waals surface area contributed by atoms with E-state index in [-0.39, 0.29) is 35.1 Å². The van der Waals surface area contributed by atoms with Crippen LogP contribution >= 0.6 is 0 Å². The molecule has 38 heavy (non-hydrogen) atoms. The van der Waals surface area contributed by atoms with E-state index in [1.807, 2.05) is 6.92 Å². The molecule has 3 aromatic heterocycles. The molecule has 1 N–H and O–H groups in total. The highest BCUT2D eigenvalue weighted by molar-refractivity contribution is 6.04. The molecule has 1 aliphatic heterocycles. The molecule has 1 aliphatic carbocycles. The van der Waals surface area contributed by atoms with Crippen molar-refractivity contribution in [1.82, 2.24) is 24.7 Å². The molecule has 0 bridgehead atoms. The van der Waals surface area contributed by atoms with Gasteiger partial charge in [-0.25, -0.2) is 15.0 Å². The van der Waals surface area contributed by atoms with E-state index in [4.69, 9.17) is 9.15 Å². The van der Waals surface area contributed by atoms with Gasteiger partial charge in [-0.3, -0.25) is 9.48 Å². The van der Waals surface area contributed by atoms with E-state index in [1.165, 1.54) is 23.3 Å². The van der Waals surface area contributed by atoms with Gasteiger partial charge in [-0.05, 0) is 32.6 Å². The second-order valence-corrected chi connectivity index (χ2v) is 8.73. The van der Waals surface area contributed by atoms with Crippen LogP contribution in [0.3, 0.4) is 0 Å². The molecule has 0 saturated heterocycles. The van der Waals surface area contributed by atoms with Crippen LogP contribution in [0.25, 0.3) is 11.4 Å². The first-order chi connectivity index (χ1) is 18.2. The first kappa shape index (κ1) is 25.6. The molecule has 200 valence electrons. The Kier molecular flexibility index (Phi) is 7.01. The maximum Gasteiger partial charge on any atom is 0.434 e. The quantitative estimate of drug-likeness (QED) is 0.444. The number of hydrogen-bond donors (Lipinski definition) is 1. The van der Waals surface area contributed by atoms with Gasteiger partial charge in [0.2, 0.25) is 11.8 Å². The highest BCUT2D eigenvalue weighted by Gasteiger charge is 2.35. The van der Waals surface area contributed by atoms with Crippen LogP contribution in [0.2, 0.25) is 0 Å². The summed E-state index contributed by atoms with van der Waals surface area (Å²) >= 11 is 0. The SMILES string of the molecule is CCOC1CCC(n2cc(NC(=O)c3coc(C4C=NN=C4)n3)c(-c3nc(C(F)(F)F)cnc3F)n2)CC1. The Morgan fingerprint density at radius 3 is 2.58 bits per heavy atom. The second-order valence-electron chi connectivity index (χ2n) is 8.73. The van der Waals surface area contributed by atoms with E-state index in [9.17, 15) is 22.4 Å². The van der Waals surface area contributed by atoms with Crippen molar-refractivity contribution in [3.63, 3.8) is 0 Å². The fourth-order valence-electron chi connectivity index (χ4n) is 4.34. The minimum absolute atomic E-state index is 0.0528. The summed E-state index contributed by atoms with van der Waals surface area (Å²) in [5, 5.41) is 14.3. The number of nitrogens with zero attached hydrogens (tertiary/aromatic N) is 7. The van der Waals surface area contributed by atoms with Crippen molar-refractivity contribution in [2.75, 3.05) is 11.9 Å². The molecule has 1 amide bonds. The zero-order chi connectivity index (χ0) is 26.9. The van der Waals surface area contributed by atoms with E-state index in [2.05, 4.69) is 35.6 Å². The number of hydrogen-bond acceptors (Lipinski definition) is 9. The molecule has 1 fully saturated rings. The zero-order valence-corrected chi connectivity index (χ0v) is 20.0. The highest BCUT2D eigenvalue weighted by Crippen LogP contribution is 2.35. The monoisotopic (exact) mass is 534 g/mol. The Labute approximate surface area is 213 Å². The van der Waals surface area contributed by atoms with Crippen molar-refractivity contribution >= 4 is 24.0 Å². The molecule has 0 atom stereocenters. The summed E-state index contributed by atoms with van der Waals surface area (Å²) in [6.07, 6.45) is 3.92. The van der Waals surface area contributed by atoms with Gasteiger partial charge in [0.15, 0.2) is 11.4 Å². The average Bonchev–Trinajstić information content (AvgIpc) is 3.65. The van der Waals surface area contributed by atoms with Gasteiger partial charge >= 0.3 is 6.18 Å². The van der Waals surface area contributed by atoms with E-state index >= 15 is 0 Å². The molecule has 15 heteroatoms. The maximum absolute atomic E-state index is 14.7. The summed E-state index contributed by atoms with van der Waals surface area (Å²) in [6.45, 7) is 2.51. The predicted octanol–water partition coefficient (Wildman–Crippen LogP) is 4.41. The normalized spacial score (nSPS) is 19.8. The number of ether oxygens (including phenoxy) is 1. The number of nitrogens with one attached hydrogen (secondary N) is 1. The predicted molar refractivity (Wildman–Crippen MR) is 125 cm³/mol. The van der Waals surface area contributed by atoms with Crippen LogP contribution in [0.5, 0.6) is 0 Å². The summed E-state index contributed by atoms with van der Waals surface area (Å²) in [6, 6.07) is -0.141. The number of halogens is 4. The summed E-state index contributed by atoms with van der Waals surface area (Å²) in [5.74, 6) is -2.26. The van der Waals surface area contributed by atoms with Crippen LogP contribution in [0, 0.1) is 5.95 Å². The average molecular weight is 534 g/mol. The Balaban J connectivity index is 1.46. The number of anilines is 1. The maximum atomic E-state index is 14.7. The second kappa shape index (κ2) is 10.4. The highest BCUT2D eigenvalue weighted by atomic mass is 19.4. The first-order valence-electron chi connectivity index (χ1n) is 11.9. The smallest absolute Gasteiger partial charge is 0.434 e. The fourth-order valence-corrected chi connectivity index (χ4v) is 4.34. The molecular formula is C23H22F4N8O3. The van der Waals surface area contributed by atoms with Gasteiger partial charge in [0.1, 0.15) is 23.6 Å². The molecule has 5 rings (SSSR count). The molecule has 1 saturated carbocycles. The molecule has 11 nitrogen and oxygen atoms in total. The summed E-state index contributed by atoms with van der Waals surface area (Å²) in [4.78, 5) is 23.8. The molecule has 0 aromatic carbocycles. The lowest BCUT2D eigenvalue weighted by Gasteiger charge is -2.28. The van der Waals surface area contributed by atoms with Crippen molar-refractivity contribution < 1.29 is 31.5 Å². The fraction of sp³-hybridized carbons (Fsp3) is 0.435. The third-order valence-corrected chi connectivity index (χ3v) is 6.20. The van der Waals surface area contributed by atoms with Crippen LogP contribution in [0.1, 0.15) is 66.6 Å². The third-order valence-electron chi connectivity index (χ3n) is 6.20. The van der Waals surface area contributed by atoms with E-state index in [1.54, 1.807) is 0 Å². The molecule has 0 spiro atoms. The Morgan fingerprint density at radius 2 is 1.89 bits per heavy atom. The summed E-state index contributed by atoms with van der Waals surface area (Å²) in [5.41, 5.74) is -2.58. The van der Waals surface area contributed by atoms with Crippen LogP contribution in [-0.4, -0.2) is 55.8 Å². The molecule has 2 aliphatic rings. The van der Waals surface area contributed by atoms with Gasteiger partial charge < -0.3 is 14.5 Å². The van der Waals surface area contributed by atoms with E-state index < -0.39 is 35.3 Å². The lowest BCUT2D eigenvalue weighted by Crippen LogP contribution is -2.24. The number of rotatable bonds is 7. The minimum atomic E-state index is -4.86. The van der Waals surface area contributed by atoms with Gasteiger partial charge in [0, 0.05) is 25.2 Å². The molecular weight excluding hydrogens is 512 g/mol. The zero-order valence-electron chi connectivity index (χ0n) is 20.0. The van der Waals surface area contributed by atoms with E-state index in [0.29, 0.717) is 25.6 Å². The van der Waals surface area contributed by atoms with Gasteiger partial charge in [-0.15, -0.1) is 0 Å². The van der Waals surface area contributed by atoms with Crippen molar-refractivity contribution in [2.45, 2.75) is 56.8 Å². The number of amides is 1. The standard InChI is InChI=1S/C23H22F4N8O3/c1-2-37-14-5-3-13(4-6-14)35-10-15(18(34-35)19-20(24)28-9-17(33-19)23(25,26)27)31-21(36)16-11-38-22(32-16)12-7-29-30-8-12/h7-14H,2-6H2,1H3,(H,31,36). The molecule has 0 unspecified atom stereocenters. The lowest BCUT2D eigenvalue weighted by molar-refractivity contribution is -0.141. The Bertz CT molecular complexity index is 1360. The number of carbonyl (C=O) groups excluding carboxylic acids is 1. The Morgan fingerprint density at radius 1 is 1.16 bits per heavy atom. The lowest BCUT2D eigenvalue weighted by atomic mass is 9.93. The third kappa shape index (κ3) is 5.32. The van der Waals surface area contributed by atoms with Gasteiger partial charge in [-0.2, -0.15) is 32.9 Å². The van der Waals surface area contributed by atoms with Crippen LogP contribution in [0.4, 0.5) is 23.2 Å². The molecule has 3 aromatic rings. The van der Waals surface area contributed by atoms with Gasteiger partial charge in [0.25, 0.3) is 5.91 Å². The van der Waals surface area contributed by atoms with Crippen molar-refractivity contribution in [3.8, 4) is 11.4 Å². The van der Waals surface area contributed by atoms with Gasteiger partial charge in [0.05, 0.1) is 24.0 Å². The van der Waals surface area contributed by atoms with Crippen LogP contribution < -0.4 is 5.32 Å². The van der Waals surface area contributed by atoms with Crippen molar-refractivity contribution in [2.24, 2.45) is 10.2 Å². The van der Waals surface area contributed by atoms with Crippen LogP contribution in [0.15, 0.2) is 33.3 Å².